The molecule has 2 N–H and O–H groups in total. The Morgan fingerprint density at radius 2 is 2.22 bits per heavy atom. The molecule has 1 aromatic heterocycles. The standard InChI is InChI=1S/C13H17N3OS/c1-16-8-7-15-13(16)18-12(9-14)10-5-3-4-6-11(10)17-2/h3-8,12H,9,14H2,1-2H3. The molecule has 0 aliphatic rings. The molecule has 1 aromatic carbocycles. The molecule has 0 amide bonds. The van der Waals surface area contributed by atoms with Crippen LogP contribution in [0, 0.1) is 0 Å². The van der Waals surface area contributed by atoms with Gasteiger partial charge in [-0.3, -0.25) is 0 Å². The van der Waals surface area contributed by atoms with Gasteiger partial charge in [0, 0.05) is 31.5 Å². The van der Waals surface area contributed by atoms with Gasteiger partial charge < -0.3 is 15.0 Å². The molecule has 96 valence electrons. The maximum atomic E-state index is 5.88. The summed E-state index contributed by atoms with van der Waals surface area (Å²) in [4.78, 5) is 4.31. The minimum atomic E-state index is 0.141. The van der Waals surface area contributed by atoms with E-state index in [9.17, 15) is 0 Å². The van der Waals surface area contributed by atoms with Crippen LogP contribution in [0.3, 0.4) is 0 Å². The number of para-hydroxylation sites is 1. The van der Waals surface area contributed by atoms with Gasteiger partial charge in [0.2, 0.25) is 0 Å². The van der Waals surface area contributed by atoms with E-state index in [2.05, 4.69) is 4.98 Å². The summed E-state index contributed by atoms with van der Waals surface area (Å²) in [7, 11) is 3.66. The Hall–Kier alpha value is -1.46. The van der Waals surface area contributed by atoms with Crippen molar-refractivity contribution in [3.8, 4) is 5.75 Å². The zero-order valence-electron chi connectivity index (χ0n) is 10.5. The average molecular weight is 263 g/mol. The van der Waals surface area contributed by atoms with E-state index < -0.39 is 0 Å². The third-order valence-corrected chi connectivity index (χ3v) is 4.06. The Morgan fingerprint density at radius 3 is 2.83 bits per heavy atom. The van der Waals surface area contributed by atoms with Crippen molar-refractivity contribution >= 4 is 11.8 Å². The molecule has 1 heterocycles. The summed E-state index contributed by atoms with van der Waals surface area (Å²) in [6, 6.07) is 7.96. The largest absolute Gasteiger partial charge is 0.496 e. The fourth-order valence-corrected chi connectivity index (χ4v) is 2.78. The molecular weight excluding hydrogens is 246 g/mol. The molecule has 0 aliphatic heterocycles. The van der Waals surface area contributed by atoms with Crippen molar-refractivity contribution in [3.05, 3.63) is 42.2 Å². The van der Waals surface area contributed by atoms with E-state index in [1.165, 1.54) is 0 Å². The lowest BCUT2D eigenvalue weighted by Crippen LogP contribution is -2.11. The molecule has 5 heteroatoms. The van der Waals surface area contributed by atoms with E-state index in [4.69, 9.17) is 10.5 Å². The van der Waals surface area contributed by atoms with Crippen LogP contribution < -0.4 is 10.5 Å². The second-order valence-corrected chi connectivity index (χ2v) is 5.07. The van der Waals surface area contributed by atoms with Gasteiger partial charge in [-0.05, 0) is 6.07 Å². The van der Waals surface area contributed by atoms with Gasteiger partial charge in [0.1, 0.15) is 5.75 Å². The maximum Gasteiger partial charge on any atom is 0.168 e. The Bertz CT molecular complexity index is 512. The Kier molecular flexibility index (Phi) is 4.28. The van der Waals surface area contributed by atoms with Crippen LogP contribution in [-0.4, -0.2) is 23.2 Å². The predicted molar refractivity (Wildman–Crippen MR) is 73.9 cm³/mol. The number of methoxy groups -OCH3 is 1. The van der Waals surface area contributed by atoms with Gasteiger partial charge in [-0.1, -0.05) is 30.0 Å². The van der Waals surface area contributed by atoms with Crippen LogP contribution in [-0.2, 0) is 7.05 Å². The van der Waals surface area contributed by atoms with Crippen LogP contribution in [0.5, 0.6) is 5.75 Å². The molecule has 0 bridgehead atoms. The monoisotopic (exact) mass is 263 g/mol. The summed E-state index contributed by atoms with van der Waals surface area (Å²) >= 11 is 1.65. The van der Waals surface area contributed by atoms with E-state index in [0.29, 0.717) is 6.54 Å². The molecule has 0 radical (unpaired) electrons. The molecule has 0 spiro atoms. The molecule has 4 nitrogen and oxygen atoms in total. The Morgan fingerprint density at radius 1 is 1.44 bits per heavy atom. The van der Waals surface area contributed by atoms with Crippen molar-refractivity contribution in [3.63, 3.8) is 0 Å². The third kappa shape index (κ3) is 2.68. The number of imidazole rings is 1. The summed E-state index contributed by atoms with van der Waals surface area (Å²) in [6.45, 7) is 0.540. The number of aryl methyl sites for hydroxylation is 1. The Balaban J connectivity index is 2.25. The summed E-state index contributed by atoms with van der Waals surface area (Å²) < 4.78 is 7.37. The highest BCUT2D eigenvalue weighted by molar-refractivity contribution is 7.99. The zero-order chi connectivity index (χ0) is 13.0. The minimum Gasteiger partial charge on any atom is -0.496 e. The lowest BCUT2D eigenvalue weighted by molar-refractivity contribution is 0.409. The quantitative estimate of drug-likeness (QED) is 0.840. The lowest BCUT2D eigenvalue weighted by Gasteiger charge is -2.17. The van der Waals surface area contributed by atoms with E-state index >= 15 is 0 Å². The van der Waals surface area contributed by atoms with Gasteiger partial charge in [-0.25, -0.2) is 4.98 Å². The van der Waals surface area contributed by atoms with Crippen LogP contribution in [0.25, 0.3) is 0 Å². The van der Waals surface area contributed by atoms with Crippen LogP contribution in [0.15, 0.2) is 41.8 Å². The van der Waals surface area contributed by atoms with Crippen molar-refractivity contribution in [2.24, 2.45) is 12.8 Å². The number of rotatable bonds is 5. The number of hydrogen-bond donors (Lipinski definition) is 1. The average Bonchev–Trinajstić information content (AvgIpc) is 2.81. The highest BCUT2D eigenvalue weighted by atomic mass is 32.2. The molecule has 0 aliphatic carbocycles. The number of nitrogens with zero attached hydrogens (tertiary/aromatic N) is 2. The third-order valence-electron chi connectivity index (χ3n) is 2.72. The molecular formula is C13H17N3OS. The molecule has 1 atom stereocenters. The van der Waals surface area contributed by atoms with Crippen LogP contribution in [0.4, 0.5) is 0 Å². The van der Waals surface area contributed by atoms with Crippen LogP contribution >= 0.6 is 11.8 Å². The summed E-state index contributed by atoms with van der Waals surface area (Å²) in [5.74, 6) is 0.870. The van der Waals surface area contributed by atoms with Gasteiger partial charge in [0.15, 0.2) is 5.16 Å². The number of aromatic nitrogens is 2. The first-order chi connectivity index (χ1) is 8.76. The van der Waals surface area contributed by atoms with Crippen LogP contribution in [0.1, 0.15) is 10.8 Å². The second kappa shape index (κ2) is 5.93. The highest BCUT2D eigenvalue weighted by Crippen LogP contribution is 2.37. The summed E-state index contributed by atoms with van der Waals surface area (Å²) in [5, 5.41) is 1.10. The van der Waals surface area contributed by atoms with E-state index in [-0.39, 0.29) is 5.25 Å². The first-order valence-electron chi connectivity index (χ1n) is 5.73. The number of nitrogens with two attached hydrogens (primary N) is 1. The molecule has 0 saturated heterocycles. The number of ether oxygens (including phenoxy) is 1. The maximum absolute atomic E-state index is 5.88. The number of hydrogen-bond acceptors (Lipinski definition) is 4. The molecule has 1 unspecified atom stereocenters. The molecule has 2 aromatic rings. The van der Waals surface area contributed by atoms with Crippen molar-refractivity contribution in [2.45, 2.75) is 10.4 Å². The summed E-state index contributed by atoms with van der Waals surface area (Å²) in [6.07, 6.45) is 3.72. The first kappa shape index (κ1) is 13.0. The van der Waals surface area contributed by atoms with Gasteiger partial charge in [-0.15, -0.1) is 0 Å². The van der Waals surface area contributed by atoms with Crippen LogP contribution in [0.2, 0.25) is 0 Å². The summed E-state index contributed by atoms with van der Waals surface area (Å²) in [5.41, 5.74) is 6.99. The fraction of sp³-hybridized carbons (Fsp3) is 0.308. The van der Waals surface area contributed by atoms with Crippen molar-refractivity contribution in [1.82, 2.24) is 9.55 Å². The fourth-order valence-electron chi connectivity index (χ4n) is 1.76. The smallest absolute Gasteiger partial charge is 0.168 e. The topological polar surface area (TPSA) is 53.1 Å². The second-order valence-electron chi connectivity index (χ2n) is 3.90. The number of benzene rings is 1. The number of thioether (sulfide) groups is 1. The van der Waals surface area contributed by atoms with E-state index in [1.54, 1.807) is 25.1 Å². The van der Waals surface area contributed by atoms with Gasteiger partial charge in [0.25, 0.3) is 0 Å². The molecule has 0 fully saturated rings. The van der Waals surface area contributed by atoms with E-state index in [0.717, 1.165) is 16.5 Å². The van der Waals surface area contributed by atoms with E-state index in [1.807, 2.05) is 42.1 Å². The predicted octanol–water partition coefficient (Wildman–Crippen LogP) is 2.22. The van der Waals surface area contributed by atoms with Gasteiger partial charge in [-0.2, -0.15) is 0 Å². The molecule has 18 heavy (non-hydrogen) atoms. The van der Waals surface area contributed by atoms with Crippen molar-refractivity contribution < 1.29 is 4.74 Å². The zero-order valence-corrected chi connectivity index (χ0v) is 11.4. The SMILES string of the molecule is COc1ccccc1C(CN)Sc1nccn1C. The molecule has 2 rings (SSSR count). The Labute approximate surface area is 111 Å². The van der Waals surface area contributed by atoms with Crippen molar-refractivity contribution in [2.75, 3.05) is 13.7 Å². The normalized spacial score (nSPS) is 12.4. The molecule has 0 saturated carbocycles. The lowest BCUT2D eigenvalue weighted by atomic mass is 10.1. The van der Waals surface area contributed by atoms with Crippen molar-refractivity contribution in [1.29, 1.82) is 0 Å². The highest BCUT2D eigenvalue weighted by Gasteiger charge is 2.17. The van der Waals surface area contributed by atoms with Gasteiger partial charge in [0.05, 0.1) is 12.4 Å². The van der Waals surface area contributed by atoms with Gasteiger partial charge >= 0.3 is 0 Å². The minimum absolute atomic E-state index is 0.141. The first-order valence-corrected chi connectivity index (χ1v) is 6.61.